The van der Waals surface area contributed by atoms with Crippen molar-refractivity contribution in [1.82, 2.24) is 14.8 Å². The molecular weight excluding hydrogens is 222 g/mol. The van der Waals surface area contributed by atoms with Gasteiger partial charge in [-0.2, -0.15) is 0 Å². The lowest BCUT2D eigenvalue weighted by atomic mass is 10.0. The maximum absolute atomic E-state index is 4.06. The molecule has 0 bridgehead atoms. The molecule has 3 heteroatoms. The van der Waals surface area contributed by atoms with Crippen LogP contribution in [0.4, 0.5) is 0 Å². The van der Waals surface area contributed by atoms with E-state index in [1.807, 2.05) is 11.5 Å². The third kappa shape index (κ3) is 1.59. The fourth-order valence-electron chi connectivity index (χ4n) is 2.39. The van der Waals surface area contributed by atoms with Gasteiger partial charge in [-0.05, 0) is 30.4 Å². The van der Waals surface area contributed by atoms with Gasteiger partial charge in [0, 0.05) is 5.39 Å². The second-order valence-corrected chi connectivity index (χ2v) is 4.39. The van der Waals surface area contributed by atoms with Gasteiger partial charge in [0.25, 0.3) is 0 Å². The molecule has 0 aliphatic carbocycles. The van der Waals surface area contributed by atoms with Crippen LogP contribution in [0.2, 0.25) is 0 Å². The molecule has 0 aliphatic rings. The van der Waals surface area contributed by atoms with E-state index in [4.69, 9.17) is 0 Å². The van der Waals surface area contributed by atoms with E-state index in [9.17, 15) is 0 Å². The van der Waals surface area contributed by atoms with Gasteiger partial charge in [-0.25, -0.2) is 0 Å². The SMILES string of the molecule is CCc1ccc(-n2cnnc2C)c2ccccc12. The number of hydrogen-bond acceptors (Lipinski definition) is 2. The fraction of sp³-hybridized carbons (Fsp3) is 0.200. The van der Waals surface area contributed by atoms with Crippen molar-refractivity contribution >= 4 is 10.8 Å². The summed E-state index contributed by atoms with van der Waals surface area (Å²) in [6.07, 6.45) is 2.81. The zero-order valence-corrected chi connectivity index (χ0v) is 10.6. The lowest BCUT2D eigenvalue weighted by Gasteiger charge is -2.11. The molecule has 3 rings (SSSR count). The minimum atomic E-state index is 0.907. The summed E-state index contributed by atoms with van der Waals surface area (Å²) in [4.78, 5) is 0. The third-order valence-corrected chi connectivity index (χ3v) is 3.35. The zero-order chi connectivity index (χ0) is 12.5. The fourth-order valence-corrected chi connectivity index (χ4v) is 2.39. The summed E-state index contributed by atoms with van der Waals surface area (Å²) in [5, 5.41) is 10.6. The Labute approximate surface area is 106 Å². The number of nitrogens with zero attached hydrogens (tertiary/aromatic N) is 3. The predicted molar refractivity (Wildman–Crippen MR) is 73.0 cm³/mol. The third-order valence-electron chi connectivity index (χ3n) is 3.35. The van der Waals surface area contributed by atoms with Crippen molar-refractivity contribution in [1.29, 1.82) is 0 Å². The summed E-state index contributed by atoms with van der Waals surface area (Å²) in [7, 11) is 0. The molecule has 3 aromatic rings. The highest BCUT2D eigenvalue weighted by Crippen LogP contribution is 2.26. The van der Waals surface area contributed by atoms with E-state index in [1.54, 1.807) is 6.33 Å². The van der Waals surface area contributed by atoms with Gasteiger partial charge in [0.2, 0.25) is 0 Å². The van der Waals surface area contributed by atoms with Crippen molar-refractivity contribution in [2.24, 2.45) is 0 Å². The van der Waals surface area contributed by atoms with Gasteiger partial charge in [-0.3, -0.25) is 4.57 Å². The smallest absolute Gasteiger partial charge is 0.134 e. The van der Waals surface area contributed by atoms with E-state index in [-0.39, 0.29) is 0 Å². The minimum absolute atomic E-state index is 0.907. The lowest BCUT2D eigenvalue weighted by Crippen LogP contribution is -1.98. The number of benzene rings is 2. The van der Waals surface area contributed by atoms with Gasteiger partial charge in [-0.1, -0.05) is 37.3 Å². The molecule has 0 radical (unpaired) electrons. The summed E-state index contributed by atoms with van der Waals surface area (Å²) >= 11 is 0. The van der Waals surface area contributed by atoms with Crippen LogP contribution >= 0.6 is 0 Å². The first kappa shape index (κ1) is 11.0. The van der Waals surface area contributed by atoms with Crippen molar-refractivity contribution in [2.75, 3.05) is 0 Å². The number of fused-ring (bicyclic) bond motifs is 1. The van der Waals surface area contributed by atoms with Crippen LogP contribution < -0.4 is 0 Å². The van der Waals surface area contributed by atoms with E-state index in [1.165, 1.54) is 16.3 Å². The normalized spacial score (nSPS) is 11.0. The van der Waals surface area contributed by atoms with Crippen molar-refractivity contribution < 1.29 is 0 Å². The molecule has 0 unspecified atom stereocenters. The molecule has 0 aliphatic heterocycles. The Bertz CT molecular complexity index is 698. The first-order valence-electron chi connectivity index (χ1n) is 6.19. The average molecular weight is 237 g/mol. The maximum atomic E-state index is 4.06. The average Bonchev–Trinajstić information content (AvgIpc) is 2.83. The lowest BCUT2D eigenvalue weighted by molar-refractivity contribution is 0.975. The summed E-state index contributed by atoms with van der Waals surface area (Å²) < 4.78 is 2.03. The topological polar surface area (TPSA) is 30.7 Å². The van der Waals surface area contributed by atoms with Crippen LogP contribution in [0.5, 0.6) is 0 Å². The molecule has 1 aromatic heterocycles. The molecule has 3 nitrogen and oxygen atoms in total. The zero-order valence-electron chi connectivity index (χ0n) is 10.6. The standard InChI is InChI=1S/C15H15N3/c1-3-12-8-9-15(18-10-16-17-11(18)2)14-7-5-4-6-13(12)14/h4-10H,3H2,1-2H3. The Kier molecular flexibility index (Phi) is 2.59. The van der Waals surface area contributed by atoms with Crippen LogP contribution in [0.3, 0.4) is 0 Å². The Balaban J connectivity index is 2.35. The summed E-state index contributed by atoms with van der Waals surface area (Å²) in [5.41, 5.74) is 2.52. The second kappa shape index (κ2) is 4.26. The maximum Gasteiger partial charge on any atom is 0.134 e. The molecule has 0 atom stereocenters. The molecule has 0 N–H and O–H groups in total. The number of aryl methyl sites for hydroxylation is 2. The van der Waals surface area contributed by atoms with Gasteiger partial charge in [0.05, 0.1) is 5.69 Å². The second-order valence-electron chi connectivity index (χ2n) is 4.39. The molecule has 2 aromatic carbocycles. The molecule has 0 saturated heterocycles. The molecule has 1 heterocycles. The van der Waals surface area contributed by atoms with E-state index < -0.39 is 0 Å². The predicted octanol–water partition coefficient (Wildman–Crippen LogP) is 3.29. The van der Waals surface area contributed by atoms with Crippen LogP contribution in [0, 0.1) is 6.92 Å². The van der Waals surface area contributed by atoms with E-state index >= 15 is 0 Å². The van der Waals surface area contributed by atoms with Crippen LogP contribution in [0.15, 0.2) is 42.7 Å². The highest BCUT2D eigenvalue weighted by molar-refractivity contribution is 5.92. The monoisotopic (exact) mass is 237 g/mol. The van der Waals surface area contributed by atoms with Crippen LogP contribution in [0.25, 0.3) is 16.5 Å². The van der Waals surface area contributed by atoms with Gasteiger partial charge >= 0.3 is 0 Å². The Morgan fingerprint density at radius 1 is 1.06 bits per heavy atom. The summed E-state index contributed by atoms with van der Waals surface area (Å²) in [5.74, 6) is 0.907. The van der Waals surface area contributed by atoms with Crippen molar-refractivity contribution in [3.63, 3.8) is 0 Å². The van der Waals surface area contributed by atoms with E-state index in [0.29, 0.717) is 0 Å². The Morgan fingerprint density at radius 2 is 1.83 bits per heavy atom. The van der Waals surface area contributed by atoms with Gasteiger partial charge in [0.15, 0.2) is 0 Å². The number of rotatable bonds is 2. The minimum Gasteiger partial charge on any atom is -0.285 e. The molecular formula is C15H15N3. The number of aromatic nitrogens is 3. The van der Waals surface area contributed by atoms with Crippen LogP contribution in [-0.4, -0.2) is 14.8 Å². The Morgan fingerprint density at radius 3 is 2.50 bits per heavy atom. The molecule has 18 heavy (non-hydrogen) atoms. The van der Waals surface area contributed by atoms with Crippen molar-refractivity contribution in [2.45, 2.75) is 20.3 Å². The van der Waals surface area contributed by atoms with Gasteiger partial charge in [-0.15, -0.1) is 10.2 Å². The van der Waals surface area contributed by atoms with Gasteiger partial charge in [0.1, 0.15) is 12.2 Å². The Hall–Kier alpha value is -2.16. The highest BCUT2D eigenvalue weighted by Gasteiger charge is 2.08. The first-order chi connectivity index (χ1) is 8.81. The van der Waals surface area contributed by atoms with Crippen molar-refractivity contribution in [3.8, 4) is 5.69 Å². The van der Waals surface area contributed by atoms with Gasteiger partial charge < -0.3 is 0 Å². The van der Waals surface area contributed by atoms with Crippen molar-refractivity contribution in [3.05, 3.63) is 54.1 Å². The first-order valence-corrected chi connectivity index (χ1v) is 6.19. The summed E-state index contributed by atoms with van der Waals surface area (Å²) in [6.45, 7) is 4.15. The largest absolute Gasteiger partial charge is 0.285 e. The molecule has 90 valence electrons. The van der Waals surface area contributed by atoms with Crippen LogP contribution in [-0.2, 0) is 6.42 Å². The highest BCUT2D eigenvalue weighted by atomic mass is 15.3. The molecule has 0 spiro atoms. The quantitative estimate of drug-likeness (QED) is 0.684. The molecule has 0 saturated carbocycles. The van der Waals surface area contributed by atoms with E-state index in [2.05, 4.69) is 53.5 Å². The molecule has 0 fully saturated rings. The van der Waals surface area contributed by atoms with E-state index in [0.717, 1.165) is 17.9 Å². The number of hydrogen-bond donors (Lipinski definition) is 0. The summed E-state index contributed by atoms with van der Waals surface area (Å²) in [6, 6.07) is 12.8. The van der Waals surface area contributed by atoms with Crippen LogP contribution in [0.1, 0.15) is 18.3 Å². The molecule has 0 amide bonds.